The van der Waals surface area contributed by atoms with Crippen molar-refractivity contribution in [1.82, 2.24) is 14.7 Å². The van der Waals surface area contributed by atoms with Crippen molar-refractivity contribution < 1.29 is 38.4 Å². The Morgan fingerprint density at radius 1 is 1.07 bits per heavy atom. The Hall–Kier alpha value is -2.83. The van der Waals surface area contributed by atoms with E-state index in [0.29, 0.717) is 22.5 Å². The second-order valence-corrected chi connectivity index (χ2v) is 10.0. The zero-order valence-electron chi connectivity index (χ0n) is 23.0. The van der Waals surface area contributed by atoms with Crippen molar-refractivity contribution in [3.05, 3.63) is 76.6 Å². The van der Waals surface area contributed by atoms with Crippen LogP contribution in [0.2, 0.25) is 0 Å². The number of ether oxygens (including phenoxy) is 1. The summed E-state index contributed by atoms with van der Waals surface area (Å²) in [5.74, 6) is -2.70. The van der Waals surface area contributed by atoms with Crippen LogP contribution in [-0.2, 0) is 17.8 Å². The van der Waals surface area contributed by atoms with Gasteiger partial charge in [0.05, 0.1) is 31.4 Å². The Morgan fingerprint density at radius 2 is 1.73 bits per heavy atom. The molecule has 0 saturated carbocycles. The third-order valence-electron chi connectivity index (χ3n) is 6.55. The molecule has 3 aromatic rings. The molecule has 2 aromatic carbocycles. The summed E-state index contributed by atoms with van der Waals surface area (Å²) in [5.41, 5.74) is 2.39. The van der Waals surface area contributed by atoms with Crippen molar-refractivity contribution in [2.75, 3.05) is 14.2 Å². The SMILES string of the molecule is COc1c(F)cccc1CN(C)C(=O)c1nn(-c2ccc(F)cc2)c(CCC(O)CC(O)CC(=O)O)c1C(C)C.[NaH]. The molecule has 2 atom stereocenters. The molecule has 0 aliphatic rings. The number of halogens is 2. The minimum atomic E-state index is -1.20. The first-order valence-corrected chi connectivity index (χ1v) is 12.9. The summed E-state index contributed by atoms with van der Waals surface area (Å²) >= 11 is 0. The molecule has 12 heteroatoms. The van der Waals surface area contributed by atoms with Crippen LogP contribution in [0.1, 0.15) is 66.3 Å². The van der Waals surface area contributed by atoms with Gasteiger partial charge in [-0.25, -0.2) is 13.5 Å². The summed E-state index contributed by atoms with van der Waals surface area (Å²) in [4.78, 5) is 26.0. The second kappa shape index (κ2) is 15.4. The standard InChI is InChI=1S/C29H35F2N3O6.Na.H/c1-17(2)26-24(13-12-21(35)14-22(36)15-25(37)38)34(20-10-8-19(30)9-11-20)32-27(26)29(39)33(3)16-18-6-5-7-23(31)28(18)40-4;;/h5-11,17,21-22,35-36H,12-16H2,1-4H3,(H,37,38);;. The van der Waals surface area contributed by atoms with Crippen LogP contribution in [0.5, 0.6) is 5.75 Å². The molecule has 0 aliphatic heterocycles. The van der Waals surface area contributed by atoms with Crippen LogP contribution in [0.15, 0.2) is 42.5 Å². The van der Waals surface area contributed by atoms with Gasteiger partial charge in [-0.1, -0.05) is 26.0 Å². The number of amides is 1. The number of benzene rings is 2. The third-order valence-corrected chi connectivity index (χ3v) is 6.55. The van der Waals surface area contributed by atoms with Gasteiger partial charge >= 0.3 is 35.5 Å². The second-order valence-electron chi connectivity index (χ2n) is 10.0. The van der Waals surface area contributed by atoms with Gasteiger partial charge in [0.1, 0.15) is 5.82 Å². The van der Waals surface area contributed by atoms with Crippen molar-refractivity contribution in [3.63, 3.8) is 0 Å². The first-order chi connectivity index (χ1) is 18.9. The molecular weight excluding hydrogens is 547 g/mol. The van der Waals surface area contributed by atoms with E-state index < -0.39 is 42.1 Å². The van der Waals surface area contributed by atoms with Gasteiger partial charge in [0.15, 0.2) is 17.3 Å². The third kappa shape index (κ3) is 8.83. The van der Waals surface area contributed by atoms with Crippen LogP contribution in [0.3, 0.4) is 0 Å². The van der Waals surface area contributed by atoms with E-state index in [1.165, 1.54) is 48.4 Å². The number of aliphatic hydroxyl groups is 2. The maximum atomic E-state index is 14.2. The number of aliphatic carboxylic acids is 1. The summed E-state index contributed by atoms with van der Waals surface area (Å²) in [5, 5.41) is 33.9. The Labute approximate surface area is 260 Å². The molecule has 41 heavy (non-hydrogen) atoms. The molecule has 218 valence electrons. The van der Waals surface area contributed by atoms with Crippen molar-refractivity contribution in [3.8, 4) is 11.4 Å². The van der Waals surface area contributed by atoms with E-state index in [2.05, 4.69) is 5.10 Å². The Balaban J connectivity index is 0.00000588. The number of aliphatic hydroxyl groups excluding tert-OH is 2. The molecule has 0 saturated heterocycles. The molecule has 1 aromatic heterocycles. The fourth-order valence-corrected chi connectivity index (χ4v) is 4.70. The molecule has 0 bridgehead atoms. The quantitative estimate of drug-likeness (QED) is 0.264. The zero-order valence-corrected chi connectivity index (χ0v) is 23.0. The predicted octanol–water partition coefficient (Wildman–Crippen LogP) is 3.43. The van der Waals surface area contributed by atoms with Crippen molar-refractivity contribution in [2.45, 2.75) is 64.2 Å². The van der Waals surface area contributed by atoms with Gasteiger partial charge in [-0.2, -0.15) is 5.10 Å². The fourth-order valence-electron chi connectivity index (χ4n) is 4.70. The summed E-state index contributed by atoms with van der Waals surface area (Å²) in [6, 6.07) is 10.1. The normalized spacial score (nSPS) is 12.5. The van der Waals surface area contributed by atoms with Crippen LogP contribution in [-0.4, -0.2) is 97.8 Å². The molecule has 0 fully saturated rings. The Morgan fingerprint density at radius 3 is 2.32 bits per heavy atom. The number of nitrogens with zero attached hydrogens (tertiary/aromatic N) is 3. The number of carbonyl (C=O) groups is 2. The van der Waals surface area contributed by atoms with Gasteiger partial charge in [-0.3, -0.25) is 9.59 Å². The van der Waals surface area contributed by atoms with E-state index in [-0.39, 0.29) is 72.7 Å². The maximum absolute atomic E-state index is 14.2. The molecule has 1 heterocycles. The van der Waals surface area contributed by atoms with E-state index in [4.69, 9.17) is 9.84 Å². The van der Waals surface area contributed by atoms with Crippen LogP contribution in [0.25, 0.3) is 5.69 Å². The van der Waals surface area contributed by atoms with Gasteiger partial charge in [-0.15, -0.1) is 0 Å². The summed E-state index contributed by atoms with van der Waals surface area (Å²) in [6.45, 7) is 3.85. The first-order valence-electron chi connectivity index (χ1n) is 12.9. The van der Waals surface area contributed by atoms with E-state index in [1.807, 2.05) is 13.8 Å². The predicted molar refractivity (Wildman–Crippen MR) is 151 cm³/mol. The molecule has 3 N–H and O–H groups in total. The van der Waals surface area contributed by atoms with E-state index in [9.17, 15) is 28.6 Å². The van der Waals surface area contributed by atoms with Crippen LogP contribution < -0.4 is 4.74 Å². The number of rotatable bonds is 13. The number of hydrogen-bond acceptors (Lipinski definition) is 6. The number of methoxy groups -OCH3 is 1. The molecule has 2 unspecified atom stereocenters. The Kier molecular flexibility index (Phi) is 12.9. The van der Waals surface area contributed by atoms with Crippen molar-refractivity contribution in [1.29, 1.82) is 0 Å². The van der Waals surface area contributed by atoms with Gasteiger partial charge in [0, 0.05) is 30.4 Å². The van der Waals surface area contributed by atoms with Crippen LogP contribution in [0, 0.1) is 11.6 Å². The number of carboxylic acids is 1. The number of aromatic nitrogens is 2. The van der Waals surface area contributed by atoms with Crippen molar-refractivity contribution >= 4 is 41.4 Å². The molecule has 0 radical (unpaired) electrons. The number of carbonyl (C=O) groups excluding carboxylic acids is 1. The molecule has 3 rings (SSSR count). The first kappa shape index (κ1) is 34.4. The average Bonchev–Trinajstić information content (AvgIpc) is 3.26. The van der Waals surface area contributed by atoms with Crippen LogP contribution in [0.4, 0.5) is 8.78 Å². The monoisotopic (exact) mass is 583 g/mol. The molecule has 1 amide bonds. The molecule has 0 aliphatic carbocycles. The van der Waals surface area contributed by atoms with Gasteiger partial charge in [-0.05, 0) is 55.5 Å². The average molecular weight is 584 g/mol. The van der Waals surface area contributed by atoms with Gasteiger partial charge in [0.2, 0.25) is 0 Å². The van der Waals surface area contributed by atoms with E-state index in [0.717, 1.165) is 0 Å². The van der Waals surface area contributed by atoms with Gasteiger partial charge < -0.3 is 25.0 Å². The summed E-state index contributed by atoms with van der Waals surface area (Å²) in [7, 11) is 2.92. The fraction of sp³-hybridized carbons (Fsp3) is 0.414. The van der Waals surface area contributed by atoms with Crippen molar-refractivity contribution in [2.24, 2.45) is 0 Å². The topological polar surface area (TPSA) is 125 Å². The number of para-hydroxylation sites is 1. The molecular formula is C29H36F2N3NaO6. The molecule has 9 nitrogen and oxygen atoms in total. The van der Waals surface area contributed by atoms with E-state index >= 15 is 0 Å². The zero-order chi connectivity index (χ0) is 29.6. The summed E-state index contributed by atoms with van der Waals surface area (Å²) < 4.78 is 34.6. The summed E-state index contributed by atoms with van der Waals surface area (Å²) in [6.07, 6.45) is -2.42. The molecule has 0 spiro atoms. The number of carboxylic acid groups (broad SMARTS) is 1. The minimum absolute atomic E-state index is 0. The Bertz CT molecular complexity index is 1330. The van der Waals surface area contributed by atoms with Crippen LogP contribution >= 0.6 is 0 Å². The van der Waals surface area contributed by atoms with Gasteiger partial charge in [0.25, 0.3) is 5.91 Å². The van der Waals surface area contributed by atoms with E-state index in [1.54, 1.807) is 17.8 Å². The number of hydrogen-bond donors (Lipinski definition) is 3.